The Morgan fingerprint density at radius 1 is 0.941 bits per heavy atom. The van der Waals surface area contributed by atoms with Gasteiger partial charge in [0.1, 0.15) is 0 Å². The van der Waals surface area contributed by atoms with Gasteiger partial charge in [0.25, 0.3) is 0 Å². The molecule has 0 aliphatic rings. The molecule has 0 fully saturated rings. The number of hydrogen-bond acceptors (Lipinski definition) is 0. The Bertz CT molecular complexity index is 477. The molecule has 1 atom stereocenters. The number of alkyl halides is 1. The van der Waals surface area contributed by atoms with Gasteiger partial charge in [0.05, 0.1) is 5.38 Å². The lowest BCUT2D eigenvalue weighted by Gasteiger charge is -2.10. The van der Waals surface area contributed by atoms with Gasteiger partial charge in [0.15, 0.2) is 0 Å². The average molecular weight is 330 g/mol. The van der Waals surface area contributed by atoms with E-state index in [4.69, 9.17) is 23.2 Å². The standard InChI is InChI=1S/C14H11BrCl2/c15-12-5-1-10(2-6-12)9-14(17)11-3-7-13(16)8-4-11/h1-8,14H,9H2. The topological polar surface area (TPSA) is 0 Å². The molecule has 0 aromatic heterocycles. The highest BCUT2D eigenvalue weighted by Gasteiger charge is 2.08. The predicted octanol–water partition coefficient (Wildman–Crippen LogP) is 5.63. The molecule has 0 N–H and O–H groups in total. The summed E-state index contributed by atoms with van der Waals surface area (Å²) >= 11 is 15.6. The molecule has 0 saturated carbocycles. The van der Waals surface area contributed by atoms with Gasteiger partial charge < -0.3 is 0 Å². The summed E-state index contributed by atoms with van der Waals surface area (Å²) in [6.07, 6.45) is 0.816. The lowest BCUT2D eigenvalue weighted by Crippen LogP contribution is -1.95. The van der Waals surface area contributed by atoms with Crippen LogP contribution in [0.2, 0.25) is 5.02 Å². The number of rotatable bonds is 3. The Kier molecular flexibility index (Phi) is 4.49. The van der Waals surface area contributed by atoms with Gasteiger partial charge in [0, 0.05) is 9.50 Å². The summed E-state index contributed by atoms with van der Waals surface area (Å²) < 4.78 is 1.08. The molecular weight excluding hydrogens is 319 g/mol. The van der Waals surface area contributed by atoms with Crippen LogP contribution in [0.3, 0.4) is 0 Å². The zero-order valence-corrected chi connectivity index (χ0v) is 12.1. The van der Waals surface area contributed by atoms with Gasteiger partial charge in [-0.2, -0.15) is 0 Å². The van der Waals surface area contributed by atoms with Crippen molar-refractivity contribution in [3.05, 3.63) is 69.2 Å². The van der Waals surface area contributed by atoms with Crippen molar-refractivity contribution in [3.8, 4) is 0 Å². The van der Waals surface area contributed by atoms with E-state index < -0.39 is 0 Å². The number of hydrogen-bond donors (Lipinski definition) is 0. The monoisotopic (exact) mass is 328 g/mol. The molecule has 0 nitrogen and oxygen atoms in total. The first-order valence-corrected chi connectivity index (χ1v) is 6.90. The molecule has 3 heteroatoms. The molecule has 88 valence electrons. The zero-order valence-electron chi connectivity index (χ0n) is 9.04. The summed E-state index contributed by atoms with van der Waals surface area (Å²) in [5.41, 5.74) is 2.32. The highest BCUT2D eigenvalue weighted by Crippen LogP contribution is 2.26. The first-order chi connectivity index (χ1) is 8.15. The maximum atomic E-state index is 6.38. The second-order valence-corrected chi connectivity index (χ2v) is 5.73. The summed E-state index contributed by atoms with van der Waals surface area (Å²) in [5.74, 6) is 0. The zero-order chi connectivity index (χ0) is 12.3. The normalized spacial score (nSPS) is 12.4. The minimum absolute atomic E-state index is 0.0200. The first kappa shape index (κ1) is 12.9. The fourth-order valence-corrected chi connectivity index (χ4v) is 2.33. The minimum Gasteiger partial charge on any atom is -0.117 e. The molecular formula is C14H11BrCl2. The Morgan fingerprint density at radius 2 is 1.53 bits per heavy atom. The van der Waals surface area contributed by atoms with E-state index in [9.17, 15) is 0 Å². The maximum Gasteiger partial charge on any atom is 0.0625 e. The van der Waals surface area contributed by atoms with Gasteiger partial charge in [-0.15, -0.1) is 11.6 Å². The predicted molar refractivity (Wildman–Crippen MR) is 77.9 cm³/mol. The SMILES string of the molecule is Clc1ccc(C(Cl)Cc2ccc(Br)cc2)cc1. The molecule has 0 radical (unpaired) electrons. The molecule has 2 aromatic carbocycles. The van der Waals surface area contributed by atoms with Gasteiger partial charge in [-0.3, -0.25) is 0 Å². The third kappa shape index (κ3) is 3.74. The number of halogens is 3. The lowest BCUT2D eigenvalue weighted by atomic mass is 10.0. The van der Waals surface area contributed by atoms with Crippen LogP contribution in [0, 0.1) is 0 Å². The van der Waals surface area contributed by atoms with Crippen molar-refractivity contribution in [2.75, 3.05) is 0 Å². The molecule has 0 spiro atoms. The van der Waals surface area contributed by atoms with E-state index in [1.165, 1.54) is 5.56 Å². The van der Waals surface area contributed by atoms with Crippen molar-refractivity contribution in [1.82, 2.24) is 0 Å². The van der Waals surface area contributed by atoms with Crippen LogP contribution in [0.4, 0.5) is 0 Å². The second kappa shape index (κ2) is 5.90. The Labute approximate surface area is 120 Å². The van der Waals surface area contributed by atoms with Crippen LogP contribution in [0.25, 0.3) is 0 Å². The first-order valence-electron chi connectivity index (χ1n) is 5.29. The number of benzene rings is 2. The highest BCUT2D eigenvalue weighted by atomic mass is 79.9. The molecule has 0 heterocycles. The Morgan fingerprint density at radius 3 is 2.12 bits per heavy atom. The molecule has 0 aliphatic carbocycles. The van der Waals surface area contributed by atoms with Gasteiger partial charge in [0.2, 0.25) is 0 Å². The van der Waals surface area contributed by atoms with Crippen molar-refractivity contribution < 1.29 is 0 Å². The van der Waals surface area contributed by atoms with Crippen LogP contribution in [-0.2, 0) is 6.42 Å². The van der Waals surface area contributed by atoms with E-state index in [0.717, 1.165) is 21.5 Å². The smallest absolute Gasteiger partial charge is 0.0625 e. The van der Waals surface area contributed by atoms with E-state index in [1.54, 1.807) is 0 Å². The van der Waals surface area contributed by atoms with Crippen LogP contribution < -0.4 is 0 Å². The molecule has 0 bridgehead atoms. The molecule has 1 unspecified atom stereocenters. The van der Waals surface area contributed by atoms with E-state index in [0.29, 0.717) is 0 Å². The van der Waals surface area contributed by atoms with Gasteiger partial charge in [-0.25, -0.2) is 0 Å². The third-order valence-corrected chi connectivity index (χ3v) is 3.75. The largest absolute Gasteiger partial charge is 0.117 e. The molecule has 0 saturated heterocycles. The van der Waals surface area contributed by atoms with Crippen molar-refractivity contribution in [2.45, 2.75) is 11.8 Å². The van der Waals surface area contributed by atoms with E-state index in [-0.39, 0.29) is 5.38 Å². The fourth-order valence-electron chi connectivity index (χ4n) is 1.62. The molecule has 2 aromatic rings. The highest BCUT2D eigenvalue weighted by molar-refractivity contribution is 9.10. The van der Waals surface area contributed by atoms with Crippen molar-refractivity contribution in [1.29, 1.82) is 0 Å². The summed E-state index contributed by atoms with van der Waals surface area (Å²) in [6.45, 7) is 0. The van der Waals surface area contributed by atoms with Crippen molar-refractivity contribution in [3.63, 3.8) is 0 Å². The van der Waals surface area contributed by atoms with Crippen LogP contribution in [0.15, 0.2) is 53.0 Å². The molecule has 0 amide bonds. The van der Waals surface area contributed by atoms with Crippen molar-refractivity contribution in [2.24, 2.45) is 0 Å². The van der Waals surface area contributed by atoms with Crippen LogP contribution >= 0.6 is 39.1 Å². The summed E-state index contributed by atoms with van der Waals surface area (Å²) in [7, 11) is 0. The van der Waals surface area contributed by atoms with Crippen LogP contribution in [0.1, 0.15) is 16.5 Å². The molecule has 0 aliphatic heterocycles. The van der Waals surface area contributed by atoms with E-state index in [2.05, 4.69) is 28.1 Å². The van der Waals surface area contributed by atoms with Crippen LogP contribution in [0.5, 0.6) is 0 Å². The average Bonchev–Trinajstić information content (AvgIpc) is 2.33. The van der Waals surface area contributed by atoms with Crippen molar-refractivity contribution >= 4 is 39.1 Å². The summed E-state index contributed by atoms with van der Waals surface area (Å²) in [5, 5.41) is 0.717. The quantitative estimate of drug-likeness (QED) is 0.640. The van der Waals surface area contributed by atoms with E-state index in [1.807, 2.05) is 36.4 Å². The summed E-state index contributed by atoms with van der Waals surface area (Å²) in [4.78, 5) is 0. The van der Waals surface area contributed by atoms with E-state index >= 15 is 0 Å². The molecule has 17 heavy (non-hydrogen) atoms. The molecule has 2 rings (SSSR count). The Balaban J connectivity index is 2.08. The van der Waals surface area contributed by atoms with Gasteiger partial charge >= 0.3 is 0 Å². The second-order valence-electron chi connectivity index (χ2n) is 3.85. The Hall–Kier alpha value is -0.500. The van der Waals surface area contributed by atoms with Gasteiger partial charge in [-0.05, 0) is 41.8 Å². The third-order valence-electron chi connectivity index (χ3n) is 2.56. The van der Waals surface area contributed by atoms with Crippen LogP contribution in [-0.4, -0.2) is 0 Å². The van der Waals surface area contributed by atoms with Gasteiger partial charge in [-0.1, -0.05) is 51.8 Å². The lowest BCUT2D eigenvalue weighted by molar-refractivity contribution is 0.919. The minimum atomic E-state index is -0.0200. The summed E-state index contributed by atoms with van der Waals surface area (Å²) in [6, 6.07) is 15.9. The fraction of sp³-hybridized carbons (Fsp3) is 0.143. The maximum absolute atomic E-state index is 6.38.